The molecular formula is C21H25NO5. The number of allylic oxidation sites excluding steroid dienone is 2. The standard InChI is InChI=1S/C21H25NO5/c1-11-17(20(25)27-5)18(12-6-7-14(23)16(8-12)26-4)19-13(22-11)9-21(2,3)10-15(19)24/h6-8,17-18,23H,9-10H2,1-5H3/t17?,18-/m0/s1. The summed E-state index contributed by atoms with van der Waals surface area (Å²) in [5.74, 6) is -1.33. The van der Waals surface area contributed by atoms with E-state index >= 15 is 0 Å². The van der Waals surface area contributed by atoms with Crippen LogP contribution in [0.15, 0.2) is 34.5 Å². The predicted molar refractivity (Wildman–Crippen MR) is 101 cm³/mol. The SMILES string of the molecule is COC(=O)C1C(C)=NC2=C(C(=O)CC(C)(C)C2)[C@H]1c1ccc(O)c(OC)c1. The Labute approximate surface area is 158 Å². The Morgan fingerprint density at radius 3 is 2.59 bits per heavy atom. The smallest absolute Gasteiger partial charge is 0.315 e. The number of hydrogen-bond donors (Lipinski definition) is 1. The highest BCUT2D eigenvalue weighted by Crippen LogP contribution is 2.48. The van der Waals surface area contributed by atoms with Gasteiger partial charge in [0.1, 0.15) is 5.92 Å². The van der Waals surface area contributed by atoms with Crippen LogP contribution < -0.4 is 4.74 Å². The quantitative estimate of drug-likeness (QED) is 0.823. The molecule has 1 heterocycles. The van der Waals surface area contributed by atoms with Gasteiger partial charge < -0.3 is 14.6 Å². The second-order valence-corrected chi connectivity index (χ2v) is 7.96. The van der Waals surface area contributed by atoms with Crippen LogP contribution in [0.3, 0.4) is 0 Å². The number of rotatable bonds is 3. The van der Waals surface area contributed by atoms with Crippen LogP contribution in [0.1, 0.15) is 45.1 Å². The fourth-order valence-corrected chi connectivity index (χ4v) is 4.13. The fourth-order valence-electron chi connectivity index (χ4n) is 4.13. The van der Waals surface area contributed by atoms with Crippen LogP contribution >= 0.6 is 0 Å². The number of aliphatic imine (C=N–C) groups is 1. The lowest BCUT2D eigenvalue weighted by atomic mass is 9.67. The van der Waals surface area contributed by atoms with Crippen molar-refractivity contribution in [1.82, 2.24) is 0 Å². The van der Waals surface area contributed by atoms with Crippen LogP contribution in [-0.4, -0.2) is 36.8 Å². The first-order valence-electron chi connectivity index (χ1n) is 8.94. The van der Waals surface area contributed by atoms with Gasteiger partial charge in [-0.05, 0) is 36.5 Å². The van der Waals surface area contributed by atoms with Crippen LogP contribution in [0.2, 0.25) is 0 Å². The molecule has 6 nitrogen and oxygen atoms in total. The van der Waals surface area contributed by atoms with Gasteiger partial charge in [-0.1, -0.05) is 19.9 Å². The van der Waals surface area contributed by atoms with E-state index in [2.05, 4.69) is 4.99 Å². The largest absolute Gasteiger partial charge is 0.504 e. The molecule has 0 amide bonds. The molecule has 3 rings (SSSR count). The summed E-state index contributed by atoms with van der Waals surface area (Å²) in [6, 6.07) is 4.90. The first-order chi connectivity index (χ1) is 12.7. The Bertz CT molecular complexity index is 865. The van der Waals surface area contributed by atoms with E-state index in [1.807, 2.05) is 13.8 Å². The van der Waals surface area contributed by atoms with E-state index in [1.165, 1.54) is 20.3 Å². The van der Waals surface area contributed by atoms with Crippen molar-refractivity contribution in [2.24, 2.45) is 16.3 Å². The van der Waals surface area contributed by atoms with Crippen molar-refractivity contribution in [3.63, 3.8) is 0 Å². The maximum atomic E-state index is 13.1. The molecule has 1 N–H and O–H groups in total. The van der Waals surface area contributed by atoms with E-state index in [-0.39, 0.29) is 16.9 Å². The van der Waals surface area contributed by atoms with E-state index < -0.39 is 17.8 Å². The number of methoxy groups -OCH3 is 2. The van der Waals surface area contributed by atoms with Crippen molar-refractivity contribution >= 4 is 17.5 Å². The van der Waals surface area contributed by atoms with Crippen molar-refractivity contribution in [3.05, 3.63) is 35.0 Å². The minimum Gasteiger partial charge on any atom is -0.504 e. The maximum Gasteiger partial charge on any atom is 0.315 e. The molecule has 0 aromatic heterocycles. The molecule has 2 atom stereocenters. The second kappa shape index (κ2) is 6.83. The molecule has 1 aliphatic heterocycles. The molecule has 1 unspecified atom stereocenters. The minimum absolute atomic E-state index is 0.00220. The number of phenolic OH excluding ortho intramolecular Hbond substituents is 1. The third-order valence-corrected chi connectivity index (χ3v) is 5.32. The number of benzene rings is 1. The monoisotopic (exact) mass is 371 g/mol. The van der Waals surface area contributed by atoms with Crippen molar-refractivity contribution in [2.75, 3.05) is 14.2 Å². The Kier molecular flexibility index (Phi) is 4.84. The number of ketones is 1. The first-order valence-corrected chi connectivity index (χ1v) is 8.94. The highest BCUT2D eigenvalue weighted by Gasteiger charge is 2.46. The zero-order valence-electron chi connectivity index (χ0n) is 16.3. The molecule has 1 aromatic carbocycles. The maximum absolute atomic E-state index is 13.1. The number of aromatic hydroxyl groups is 1. The number of esters is 1. The van der Waals surface area contributed by atoms with Gasteiger partial charge in [-0.25, -0.2) is 0 Å². The molecule has 1 aromatic rings. The van der Waals surface area contributed by atoms with Gasteiger partial charge in [0.05, 0.1) is 14.2 Å². The lowest BCUT2D eigenvalue weighted by Gasteiger charge is -2.38. The highest BCUT2D eigenvalue weighted by molar-refractivity contribution is 6.09. The third kappa shape index (κ3) is 3.36. The third-order valence-electron chi connectivity index (χ3n) is 5.32. The molecule has 6 heteroatoms. The summed E-state index contributed by atoms with van der Waals surface area (Å²) >= 11 is 0. The van der Waals surface area contributed by atoms with Crippen molar-refractivity contribution in [1.29, 1.82) is 0 Å². The van der Waals surface area contributed by atoms with E-state index in [9.17, 15) is 14.7 Å². The number of nitrogens with zero attached hydrogens (tertiary/aromatic N) is 1. The van der Waals surface area contributed by atoms with E-state index in [0.717, 1.165) is 11.3 Å². The minimum atomic E-state index is -0.687. The molecule has 2 aliphatic rings. The van der Waals surface area contributed by atoms with Crippen molar-refractivity contribution < 1.29 is 24.2 Å². The normalized spacial score (nSPS) is 24.2. The number of carbonyl (C=O) groups is 2. The van der Waals surface area contributed by atoms with Gasteiger partial charge in [0.25, 0.3) is 0 Å². The highest BCUT2D eigenvalue weighted by atomic mass is 16.5. The second-order valence-electron chi connectivity index (χ2n) is 7.96. The van der Waals surface area contributed by atoms with E-state index in [0.29, 0.717) is 29.9 Å². The number of ether oxygens (including phenoxy) is 2. The van der Waals surface area contributed by atoms with Gasteiger partial charge in [-0.2, -0.15) is 0 Å². The summed E-state index contributed by atoms with van der Waals surface area (Å²) in [4.78, 5) is 30.3. The Morgan fingerprint density at radius 1 is 1.26 bits per heavy atom. The predicted octanol–water partition coefficient (Wildman–Crippen LogP) is 3.39. The van der Waals surface area contributed by atoms with Crippen LogP contribution in [0.4, 0.5) is 0 Å². The fraction of sp³-hybridized carbons (Fsp3) is 0.476. The van der Waals surface area contributed by atoms with Gasteiger partial charge >= 0.3 is 5.97 Å². The Hall–Kier alpha value is -2.63. The molecule has 0 bridgehead atoms. The topological polar surface area (TPSA) is 85.2 Å². The average molecular weight is 371 g/mol. The molecule has 0 spiro atoms. The van der Waals surface area contributed by atoms with Crippen LogP contribution in [0, 0.1) is 11.3 Å². The van der Waals surface area contributed by atoms with Gasteiger partial charge in [-0.15, -0.1) is 0 Å². The van der Waals surface area contributed by atoms with Crippen LogP contribution in [-0.2, 0) is 14.3 Å². The zero-order valence-corrected chi connectivity index (χ0v) is 16.3. The summed E-state index contributed by atoms with van der Waals surface area (Å²) in [7, 11) is 2.79. The molecule has 0 radical (unpaired) electrons. The summed E-state index contributed by atoms with van der Waals surface area (Å²) in [6.45, 7) is 5.89. The number of phenols is 1. The van der Waals surface area contributed by atoms with Gasteiger partial charge in [0.2, 0.25) is 0 Å². The molecule has 1 aliphatic carbocycles. The zero-order chi connectivity index (χ0) is 19.9. The summed E-state index contributed by atoms with van der Waals surface area (Å²) < 4.78 is 10.2. The molecular weight excluding hydrogens is 346 g/mol. The number of hydrogen-bond acceptors (Lipinski definition) is 6. The molecule has 0 saturated heterocycles. The summed E-state index contributed by atoms with van der Waals surface area (Å²) in [5, 5.41) is 9.94. The molecule has 0 saturated carbocycles. The van der Waals surface area contributed by atoms with Crippen LogP contribution in [0.5, 0.6) is 11.5 Å². The van der Waals surface area contributed by atoms with Crippen molar-refractivity contribution in [3.8, 4) is 11.5 Å². The van der Waals surface area contributed by atoms with Gasteiger partial charge in [-0.3, -0.25) is 14.6 Å². The molecule has 27 heavy (non-hydrogen) atoms. The Morgan fingerprint density at radius 2 is 1.96 bits per heavy atom. The van der Waals surface area contributed by atoms with E-state index in [4.69, 9.17) is 9.47 Å². The lowest BCUT2D eigenvalue weighted by molar-refractivity contribution is -0.143. The van der Waals surface area contributed by atoms with Gasteiger partial charge in [0.15, 0.2) is 17.3 Å². The average Bonchev–Trinajstić information content (AvgIpc) is 2.59. The number of Topliss-reactive ketones (excluding diaryl/α,β-unsaturated/α-hetero) is 1. The van der Waals surface area contributed by atoms with Crippen molar-refractivity contribution in [2.45, 2.75) is 39.5 Å². The first kappa shape index (κ1) is 19.1. The Balaban J connectivity index is 2.22. The summed E-state index contributed by atoms with van der Waals surface area (Å²) in [6.07, 6.45) is 1.07. The number of carbonyl (C=O) groups excluding carboxylic acids is 2. The van der Waals surface area contributed by atoms with E-state index in [1.54, 1.807) is 19.1 Å². The lowest BCUT2D eigenvalue weighted by Crippen LogP contribution is -2.39. The van der Waals surface area contributed by atoms with Crippen LogP contribution in [0.25, 0.3) is 0 Å². The molecule has 144 valence electrons. The van der Waals surface area contributed by atoms with Gasteiger partial charge in [0, 0.05) is 29.3 Å². The molecule has 0 fully saturated rings. The summed E-state index contributed by atoms with van der Waals surface area (Å²) in [5.41, 5.74) is 2.49.